The predicted octanol–water partition coefficient (Wildman–Crippen LogP) is 2.07. The summed E-state index contributed by atoms with van der Waals surface area (Å²) in [6.45, 7) is 4.44. The zero-order chi connectivity index (χ0) is 13.4. The molecule has 0 spiro atoms. The van der Waals surface area contributed by atoms with Gasteiger partial charge >= 0.3 is 12.0 Å². The van der Waals surface area contributed by atoms with E-state index in [1.54, 1.807) is 0 Å². The number of rotatable bonds is 6. The minimum absolute atomic E-state index is 0.00322. The minimum atomic E-state index is -0.775. The van der Waals surface area contributed by atoms with Gasteiger partial charge in [-0.3, -0.25) is 4.79 Å². The van der Waals surface area contributed by atoms with Crippen molar-refractivity contribution >= 4 is 12.0 Å². The van der Waals surface area contributed by atoms with Gasteiger partial charge in [0.15, 0.2) is 0 Å². The summed E-state index contributed by atoms with van der Waals surface area (Å²) in [5.41, 5.74) is 0. The molecular weight excluding hydrogens is 232 g/mol. The highest BCUT2D eigenvalue weighted by Crippen LogP contribution is 2.18. The normalized spacial score (nSPS) is 19.6. The van der Waals surface area contributed by atoms with Gasteiger partial charge < -0.3 is 15.3 Å². The van der Waals surface area contributed by atoms with Gasteiger partial charge in [0.25, 0.3) is 0 Å². The topological polar surface area (TPSA) is 69.6 Å². The monoisotopic (exact) mass is 256 g/mol. The highest BCUT2D eigenvalue weighted by Gasteiger charge is 2.21. The van der Waals surface area contributed by atoms with Crippen molar-refractivity contribution in [2.45, 2.75) is 45.4 Å². The number of carbonyl (C=O) groups excluding carboxylic acids is 1. The molecule has 1 atom stereocenters. The van der Waals surface area contributed by atoms with Crippen LogP contribution in [0.1, 0.15) is 45.4 Å². The van der Waals surface area contributed by atoms with E-state index in [2.05, 4.69) is 12.2 Å². The lowest BCUT2D eigenvalue weighted by Crippen LogP contribution is -2.45. The number of hydrogen-bond donors (Lipinski definition) is 2. The van der Waals surface area contributed by atoms with Crippen LogP contribution in [-0.2, 0) is 4.79 Å². The van der Waals surface area contributed by atoms with E-state index >= 15 is 0 Å². The van der Waals surface area contributed by atoms with Crippen LogP contribution in [0, 0.1) is 5.92 Å². The molecule has 2 N–H and O–H groups in total. The molecule has 0 aromatic heterocycles. The van der Waals surface area contributed by atoms with E-state index in [-0.39, 0.29) is 12.5 Å². The summed E-state index contributed by atoms with van der Waals surface area (Å²) in [6, 6.07) is 0.00322. The number of carboxylic acids is 1. The Morgan fingerprint density at radius 2 is 2.17 bits per heavy atom. The van der Waals surface area contributed by atoms with E-state index in [0.717, 1.165) is 32.4 Å². The number of urea groups is 1. The van der Waals surface area contributed by atoms with Gasteiger partial charge in [0, 0.05) is 26.1 Å². The van der Waals surface area contributed by atoms with Crippen molar-refractivity contribution in [2.75, 3.05) is 19.6 Å². The molecule has 1 aliphatic rings. The first kappa shape index (κ1) is 14.8. The summed E-state index contributed by atoms with van der Waals surface area (Å²) >= 11 is 0. The Labute approximate surface area is 109 Å². The van der Waals surface area contributed by atoms with E-state index in [1.165, 1.54) is 6.42 Å². The molecule has 104 valence electrons. The quantitative estimate of drug-likeness (QED) is 0.715. The summed E-state index contributed by atoms with van der Waals surface area (Å²) in [5.74, 6) is -0.139. The smallest absolute Gasteiger partial charge is 0.317 e. The summed E-state index contributed by atoms with van der Waals surface area (Å²) in [5, 5.41) is 11.4. The number of nitrogens with zero attached hydrogens (tertiary/aromatic N) is 1. The largest absolute Gasteiger partial charge is 0.481 e. The molecule has 5 nitrogen and oxygen atoms in total. The average molecular weight is 256 g/mol. The van der Waals surface area contributed by atoms with Crippen molar-refractivity contribution in [1.82, 2.24) is 10.2 Å². The van der Waals surface area contributed by atoms with E-state index in [4.69, 9.17) is 5.11 Å². The third kappa shape index (κ3) is 5.38. The Kier molecular flexibility index (Phi) is 6.54. The second-order valence-electron chi connectivity index (χ2n) is 4.95. The molecule has 18 heavy (non-hydrogen) atoms. The highest BCUT2D eigenvalue weighted by molar-refractivity contribution is 5.74. The molecule has 1 aliphatic heterocycles. The molecule has 1 rings (SSSR count). The van der Waals surface area contributed by atoms with Crippen LogP contribution in [0.5, 0.6) is 0 Å². The Morgan fingerprint density at radius 3 is 2.83 bits per heavy atom. The maximum absolute atomic E-state index is 11.9. The molecule has 0 bridgehead atoms. The summed E-state index contributed by atoms with van der Waals surface area (Å²) in [7, 11) is 0. The van der Waals surface area contributed by atoms with E-state index in [9.17, 15) is 9.59 Å². The number of hydrogen-bond acceptors (Lipinski definition) is 2. The van der Waals surface area contributed by atoms with E-state index < -0.39 is 5.97 Å². The zero-order valence-electron chi connectivity index (χ0n) is 11.2. The van der Waals surface area contributed by atoms with Crippen LogP contribution in [-0.4, -0.2) is 41.6 Å². The molecule has 1 fully saturated rings. The second-order valence-corrected chi connectivity index (χ2v) is 4.95. The van der Waals surface area contributed by atoms with E-state index in [0.29, 0.717) is 18.9 Å². The summed E-state index contributed by atoms with van der Waals surface area (Å²) < 4.78 is 0. The molecular formula is C13H24N2O3. The van der Waals surface area contributed by atoms with Crippen LogP contribution in [0.25, 0.3) is 0 Å². The van der Waals surface area contributed by atoms with Crippen LogP contribution in [0.3, 0.4) is 0 Å². The van der Waals surface area contributed by atoms with Gasteiger partial charge in [-0.25, -0.2) is 4.79 Å². The molecule has 1 heterocycles. The van der Waals surface area contributed by atoms with Crippen LogP contribution >= 0.6 is 0 Å². The number of carboxylic acid groups (broad SMARTS) is 1. The van der Waals surface area contributed by atoms with Crippen LogP contribution in [0.2, 0.25) is 0 Å². The molecule has 0 aromatic carbocycles. The van der Waals surface area contributed by atoms with Gasteiger partial charge in [0.2, 0.25) is 0 Å². The molecule has 5 heteroatoms. The van der Waals surface area contributed by atoms with Gasteiger partial charge in [-0.05, 0) is 31.6 Å². The molecule has 0 saturated carbocycles. The number of carbonyl (C=O) groups is 2. The van der Waals surface area contributed by atoms with Gasteiger partial charge in [0.05, 0.1) is 0 Å². The van der Waals surface area contributed by atoms with Crippen LogP contribution in [0.4, 0.5) is 4.79 Å². The van der Waals surface area contributed by atoms with Gasteiger partial charge in [-0.15, -0.1) is 0 Å². The summed E-state index contributed by atoms with van der Waals surface area (Å²) in [6.07, 6.45) is 4.96. The third-order valence-electron chi connectivity index (χ3n) is 3.48. The lowest BCUT2D eigenvalue weighted by Gasteiger charge is -2.32. The summed E-state index contributed by atoms with van der Waals surface area (Å²) in [4.78, 5) is 24.1. The van der Waals surface area contributed by atoms with Crippen molar-refractivity contribution in [3.63, 3.8) is 0 Å². The molecule has 0 aliphatic carbocycles. The second kappa shape index (κ2) is 7.95. The fourth-order valence-electron chi connectivity index (χ4n) is 2.29. The van der Waals surface area contributed by atoms with Crippen molar-refractivity contribution in [1.29, 1.82) is 0 Å². The van der Waals surface area contributed by atoms with Crippen LogP contribution < -0.4 is 5.32 Å². The number of aliphatic carboxylic acids is 1. The van der Waals surface area contributed by atoms with Crippen LogP contribution in [0.15, 0.2) is 0 Å². The van der Waals surface area contributed by atoms with Crippen molar-refractivity contribution < 1.29 is 14.7 Å². The van der Waals surface area contributed by atoms with Crippen molar-refractivity contribution in [3.8, 4) is 0 Å². The van der Waals surface area contributed by atoms with Gasteiger partial charge in [-0.2, -0.15) is 0 Å². The first-order valence-corrected chi connectivity index (χ1v) is 6.88. The molecule has 1 unspecified atom stereocenters. The van der Waals surface area contributed by atoms with Gasteiger partial charge in [0.1, 0.15) is 0 Å². The lowest BCUT2D eigenvalue weighted by molar-refractivity contribution is -0.137. The first-order chi connectivity index (χ1) is 8.63. The first-order valence-electron chi connectivity index (χ1n) is 6.88. The van der Waals surface area contributed by atoms with Crippen molar-refractivity contribution in [3.05, 3.63) is 0 Å². The lowest BCUT2D eigenvalue weighted by atomic mass is 9.96. The Morgan fingerprint density at radius 1 is 1.39 bits per heavy atom. The Bertz CT molecular complexity index is 281. The average Bonchev–Trinajstić information content (AvgIpc) is 2.37. The zero-order valence-corrected chi connectivity index (χ0v) is 11.2. The molecule has 0 aromatic rings. The number of unbranched alkanes of at least 4 members (excludes halogenated alkanes) is 1. The number of piperidine rings is 1. The fourth-order valence-corrected chi connectivity index (χ4v) is 2.29. The maximum atomic E-state index is 11.9. The Hall–Kier alpha value is -1.26. The standard InChI is InChI=1S/C13H24N2O3/c1-2-11-6-5-9-15(10-11)13(18)14-8-4-3-7-12(16)17/h11H,2-10H2,1H3,(H,14,18)(H,16,17). The minimum Gasteiger partial charge on any atom is -0.481 e. The van der Waals surface area contributed by atoms with Crippen molar-refractivity contribution in [2.24, 2.45) is 5.92 Å². The highest BCUT2D eigenvalue weighted by atomic mass is 16.4. The molecule has 0 radical (unpaired) electrons. The predicted molar refractivity (Wildman–Crippen MR) is 69.5 cm³/mol. The third-order valence-corrected chi connectivity index (χ3v) is 3.48. The number of nitrogens with one attached hydrogen (secondary N) is 1. The molecule has 1 saturated heterocycles. The van der Waals surface area contributed by atoms with E-state index in [1.807, 2.05) is 4.90 Å². The Balaban J connectivity index is 2.14. The SMILES string of the molecule is CCC1CCCN(C(=O)NCCCCC(=O)O)C1. The number of likely N-dealkylation sites (tertiary alicyclic amines) is 1. The number of amides is 2. The maximum Gasteiger partial charge on any atom is 0.317 e. The fraction of sp³-hybridized carbons (Fsp3) is 0.846. The molecule has 2 amide bonds. The van der Waals surface area contributed by atoms with Gasteiger partial charge in [-0.1, -0.05) is 13.3 Å².